The molecule has 2 aliphatic rings. The average Bonchev–Trinajstić information content (AvgIpc) is 2.85. The monoisotopic (exact) mass is 440 g/mol. The predicted octanol–water partition coefficient (Wildman–Crippen LogP) is 3.50. The van der Waals surface area contributed by atoms with Gasteiger partial charge in [-0.1, -0.05) is 0 Å². The van der Waals surface area contributed by atoms with E-state index >= 15 is 0 Å². The summed E-state index contributed by atoms with van der Waals surface area (Å²) >= 11 is 0. The molecule has 8 nitrogen and oxygen atoms in total. The van der Waals surface area contributed by atoms with E-state index in [1.807, 2.05) is 18.3 Å². The maximum Gasteiger partial charge on any atom is 0.280 e. The number of hydrogen-bond acceptors (Lipinski definition) is 8. The van der Waals surface area contributed by atoms with Crippen molar-refractivity contribution in [2.24, 2.45) is 0 Å². The lowest BCUT2D eigenvalue weighted by molar-refractivity contribution is 0.146. The Morgan fingerprint density at radius 3 is 2.44 bits per heavy atom. The van der Waals surface area contributed by atoms with Crippen LogP contribution in [0.4, 0.5) is 32.1 Å². The molecule has 3 aromatic heterocycles. The largest absolute Gasteiger partial charge is 0.368 e. The highest BCUT2D eigenvalue weighted by Crippen LogP contribution is 2.30. The molecule has 0 atom stereocenters. The molecular weight excluding hydrogens is 414 g/mol. The van der Waals surface area contributed by atoms with Crippen molar-refractivity contribution in [2.75, 3.05) is 54.4 Å². The number of hydrogen-bond donors (Lipinski definition) is 2. The number of fused-ring (bicyclic) bond motifs is 1. The number of piperazine rings is 1. The number of halogens is 2. The van der Waals surface area contributed by atoms with Gasteiger partial charge in [-0.3, -0.25) is 0 Å². The van der Waals surface area contributed by atoms with Crippen LogP contribution in [0.3, 0.4) is 0 Å². The molecule has 10 heteroatoms. The molecule has 5 rings (SSSR count). The van der Waals surface area contributed by atoms with E-state index in [9.17, 15) is 8.78 Å². The summed E-state index contributed by atoms with van der Waals surface area (Å²) in [7, 11) is 0. The SMILES string of the molecule is FC(F)c1cc2cnc(Nc3ccc(N4CCNCC4)cn3)nc2c(N2CCCCC2)n1. The third kappa shape index (κ3) is 4.40. The van der Waals surface area contributed by atoms with Crippen LogP contribution in [0.25, 0.3) is 10.9 Å². The van der Waals surface area contributed by atoms with Gasteiger partial charge in [-0.25, -0.2) is 28.7 Å². The number of nitrogens with zero attached hydrogens (tertiary/aromatic N) is 6. The van der Waals surface area contributed by atoms with Gasteiger partial charge in [0.05, 0.1) is 11.9 Å². The highest BCUT2D eigenvalue weighted by atomic mass is 19.3. The number of piperidine rings is 1. The van der Waals surface area contributed by atoms with Crippen molar-refractivity contribution in [3.8, 4) is 0 Å². The normalized spacial score (nSPS) is 17.2. The summed E-state index contributed by atoms with van der Waals surface area (Å²) < 4.78 is 26.9. The van der Waals surface area contributed by atoms with E-state index in [2.05, 4.69) is 40.4 Å². The Kier molecular flexibility index (Phi) is 5.93. The van der Waals surface area contributed by atoms with E-state index in [1.54, 1.807) is 6.20 Å². The number of anilines is 4. The zero-order valence-corrected chi connectivity index (χ0v) is 17.8. The van der Waals surface area contributed by atoms with Crippen molar-refractivity contribution in [1.29, 1.82) is 0 Å². The Balaban J connectivity index is 1.42. The molecule has 0 spiro atoms. The summed E-state index contributed by atoms with van der Waals surface area (Å²) in [6, 6.07) is 5.30. The van der Waals surface area contributed by atoms with Crippen LogP contribution >= 0.6 is 0 Å². The van der Waals surface area contributed by atoms with Crippen LogP contribution in [-0.4, -0.2) is 59.2 Å². The van der Waals surface area contributed by atoms with Crippen LogP contribution in [0.5, 0.6) is 0 Å². The Bertz CT molecular complexity index is 1060. The topological polar surface area (TPSA) is 82.1 Å². The van der Waals surface area contributed by atoms with Crippen molar-refractivity contribution in [1.82, 2.24) is 25.3 Å². The number of alkyl halides is 2. The molecule has 0 radical (unpaired) electrons. The maximum absolute atomic E-state index is 13.4. The smallest absolute Gasteiger partial charge is 0.280 e. The predicted molar refractivity (Wildman–Crippen MR) is 121 cm³/mol. The number of rotatable bonds is 5. The second-order valence-corrected chi connectivity index (χ2v) is 8.11. The summed E-state index contributed by atoms with van der Waals surface area (Å²) in [5.74, 6) is 1.50. The standard InChI is InChI=1S/C22H26F2N8/c23-20(24)17-12-15-13-27-22(30-19(15)21(28-17)32-8-2-1-3-9-32)29-18-5-4-16(14-26-18)31-10-6-25-7-11-31/h4-5,12-14,20,25H,1-3,6-11H2,(H,26,27,29,30). The minimum atomic E-state index is -2.64. The van der Waals surface area contributed by atoms with Crippen molar-refractivity contribution in [3.63, 3.8) is 0 Å². The van der Waals surface area contributed by atoms with Crippen LogP contribution in [0.2, 0.25) is 0 Å². The van der Waals surface area contributed by atoms with Crippen LogP contribution in [0.1, 0.15) is 31.4 Å². The summed E-state index contributed by atoms with van der Waals surface area (Å²) in [5.41, 5.74) is 1.41. The summed E-state index contributed by atoms with van der Waals surface area (Å²) in [6.07, 6.45) is 3.94. The Labute approximate surface area is 185 Å². The molecule has 0 amide bonds. The molecule has 168 valence electrons. The average molecular weight is 441 g/mol. The van der Waals surface area contributed by atoms with Gasteiger partial charge in [0.25, 0.3) is 6.43 Å². The molecule has 0 bridgehead atoms. The number of pyridine rings is 2. The first-order valence-corrected chi connectivity index (χ1v) is 11.1. The first-order chi connectivity index (χ1) is 15.7. The van der Waals surface area contributed by atoms with E-state index in [4.69, 9.17) is 0 Å². The lowest BCUT2D eigenvalue weighted by Gasteiger charge is -2.29. The fourth-order valence-electron chi connectivity index (χ4n) is 4.23. The van der Waals surface area contributed by atoms with Crippen molar-refractivity contribution >= 4 is 34.2 Å². The lowest BCUT2D eigenvalue weighted by Crippen LogP contribution is -2.43. The maximum atomic E-state index is 13.4. The summed E-state index contributed by atoms with van der Waals surface area (Å²) in [5, 5.41) is 7.03. The molecule has 0 unspecified atom stereocenters. The van der Waals surface area contributed by atoms with Crippen LogP contribution < -0.4 is 20.4 Å². The Morgan fingerprint density at radius 1 is 0.906 bits per heavy atom. The van der Waals surface area contributed by atoms with Crippen molar-refractivity contribution in [2.45, 2.75) is 25.7 Å². The van der Waals surface area contributed by atoms with Gasteiger partial charge in [-0.05, 0) is 37.5 Å². The summed E-state index contributed by atoms with van der Waals surface area (Å²) in [4.78, 5) is 22.1. The number of aromatic nitrogens is 4. The molecule has 3 aromatic rings. The van der Waals surface area contributed by atoms with Gasteiger partial charge < -0.3 is 20.4 Å². The van der Waals surface area contributed by atoms with Gasteiger partial charge >= 0.3 is 0 Å². The second kappa shape index (κ2) is 9.15. The zero-order chi connectivity index (χ0) is 21.9. The molecule has 2 fully saturated rings. The molecule has 5 heterocycles. The highest BCUT2D eigenvalue weighted by molar-refractivity contribution is 5.89. The first-order valence-electron chi connectivity index (χ1n) is 11.1. The fourth-order valence-corrected chi connectivity index (χ4v) is 4.23. The third-order valence-electron chi connectivity index (χ3n) is 5.92. The van der Waals surface area contributed by atoms with Gasteiger partial charge in [-0.15, -0.1) is 0 Å². The molecule has 2 N–H and O–H groups in total. The van der Waals surface area contributed by atoms with Crippen molar-refractivity contribution in [3.05, 3.63) is 36.3 Å². The van der Waals surface area contributed by atoms with Crippen LogP contribution in [0.15, 0.2) is 30.6 Å². The highest BCUT2D eigenvalue weighted by Gasteiger charge is 2.21. The fraction of sp³-hybridized carbons (Fsp3) is 0.455. The molecule has 0 saturated carbocycles. The van der Waals surface area contributed by atoms with Gasteiger partial charge in [0, 0.05) is 50.9 Å². The zero-order valence-electron chi connectivity index (χ0n) is 17.8. The first kappa shape index (κ1) is 20.7. The van der Waals surface area contributed by atoms with E-state index in [0.717, 1.165) is 64.2 Å². The molecule has 32 heavy (non-hydrogen) atoms. The van der Waals surface area contributed by atoms with Gasteiger partial charge in [0.1, 0.15) is 17.0 Å². The van der Waals surface area contributed by atoms with E-state index in [-0.39, 0.29) is 5.69 Å². The molecule has 2 aliphatic heterocycles. The van der Waals surface area contributed by atoms with E-state index < -0.39 is 6.43 Å². The lowest BCUT2D eigenvalue weighted by atomic mass is 10.1. The Hall–Kier alpha value is -3.14. The quantitative estimate of drug-likeness (QED) is 0.624. The molecule has 2 saturated heterocycles. The molecular formula is C22H26F2N8. The minimum Gasteiger partial charge on any atom is -0.368 e. The summed E-state index contributed by atoms with van der Waals surface area (Å²) in [6.45, 7) is 5.41. The van der Waals surface area contributed by atoms with Crippen LogP contribution in [-0.2, 0) is 0 Å². The van der Waals surface area contributed by atoms with Gasteiger partial charge in [-0.2, -0.15) is 0 Å². The van der Waals surface area contributed by atoms with E-state index in [0.29, 0.717) is 28.5 Å². The Morgan fingerprint density at radius 2 is 1.72 bits per heavy atom. The van der Waals surface area contributed by atoms with E-state index in [1.165, 1.54) is 6.07 Å². The second-order valence-electron chi connectivity index (χ2n) is 8.11. The van der Waals surface area contributed by atoms with Crippen LogP contribution in [0, 0.1) is 0 Å². The molecule has 0 aromatic carbocycles. The van der Waals surface area contributed by atoms with Gasteiger partial charge in [0.15, 0.2) is 5.82 Å². The minimum absolute atomic E-state index is 0.243. The number of nitrogens with one attached hydrogen (secondary N) is 2. The third-order valence-corrected chi connectivity index (χ3v) is 5.92. The molecule has 0 aliphatic carbocycles. The van der Waals surface area contributed by atoms with Gasteiger partial charge in [0.2, 0.25) is 5.95 Å². The van der Waals surface area contributed by atoms with Crippen molar-refractivity contribution < 1.29 is 8.78 Å².